The normalized spacial score (nSPS) is 21.8. The molecule has 0 heterocycles. The fraction of sp³-hybridized carbons (Fsp3) is 0.462. The van der Waals surface area contributed by atoms with Crippen molar-refractivity contribution in [1.29, 1.82) is 0 Å². The van der Waals surface area contributed by atoms with Gasteiger partial charge in [-0.1, -0.05) is 26.0 Å². The lowest BCUT2D eigenvalue weighted by atomic mass is 9.71. The Hall–Kier alpha value is -1.71. The molecule has 1 aromatic rings. The minimum atomic E-state index is -0.405. The lowest BCUT2D eigenvalue weighted by Gasteiger charge is -2.32. The molecule has 0 saturated heterocycles. The van der Waals surface area contributed by atoms with Crippen LogP contribution in [0, 0.1) is 16.0 Å². The van der Waals surface area contributed by atoms with Gasteiger partial charge in [0.25, 0.3) is 5.69 Å². The lowest BCUT2D eigenvalue weighted by Crippen LogP contribution is -2.24. The Bertz CT molecular complexity index is 403. The van der Waals surface area contributed by atoms with Crippen molar-refractivity contribution < 1.29 is 9.72 Å². The van der Waals surface area contributed by atoms with Gasteiger partial charge in [0, 0.05) is 18.1 Å². The molecule has 2 rings (SSSR count). The first-order valence-corrected chi connectivity index (χ1v) is 5.92. The molecule has 2 atom stereocenters. The Labute approximate surface area is 101 Å². The summed E-state index contributed by atoms with van der Waals surface area (Å²) in [5, 5.41) is 10.6. The van der Waals surface area contributed by atoms with Crippen LogP contribution >= 0.6 is 0 Å². The maximum atomic E-state index is 10.7. The zero-order valence-corrected chi connectivity index (χ0v) is 10.1. The van der Waals surface area contributed by atoms with E-state index < -0.39 is 4.92 Å². The largest absolute Gasteiger partial charge is 0.303 e. The topological polar surface area (TPSA) is 60.2 Å². The third-order valence-electron chi connectivity index (χ3n) is 3.01. The summed E-state index contributed by atoms with van der Waals surface area (Å²) in [7, 11) is 0. The molecule has 0 aliphatic heterocycles. The summed E-state index contributed by atoms with van der Waals surface area (Å²) < 4.78 is 0. The molecule has 17 heavy (non-hydrogen) atoms. The van der Waals surface area contributed by atoms with Crippen LogP contribution in [0.1, 0.15) is 38.2 Å². The first-order valence-electron chi connectivity index (χ1n) is 5.92. The number of non-ortho nitro benzene ring substituents is 1. The molecule has 0 radical (unpaired) electrons. The molecular formula is C13H17NO3. The van der Waals surface area contributed by atoms with E-state index in [1.807, 2.05) is 19.9 Å². The summed E-state index contributed by atoms with van der Waals surface area (Å²) in [6.45, 7) is 4.00. The SMILES string of the molecule is CC.O=CC1CCC1c1cccc([N+](=O)[O-])c1. The van der Waals surface area contributed by atoms with Crippen molar-refractivity contribution in [3.05, 3.63) is 39.9 Å². The predicted octanol–water partition coefficient (Wildman–Crippen LogP) is 3.31. The van der Waals surface area contributed by atoms with Crippen LogP contribution in [0.25, 0.3) is 0 Å². The first kappa shape index (κ1) is 13.4. The molecule has 2 unspecified atom stereocenters. The van der Waals surface area contributed by atoms with Crippen molar-refractivity contribution >= 4 is 12.0 Å². The summed E-state index contributed by atoms with van der Waals surface area (Å²) in [5.41, 5.74) is 1.01. The van der Waals surface area contributed by atoms with Gasteiger partial charge in [-0.3, -0.25) is 10.1 Å². The van der Waals surface area contributed by atoms with E-state index in [-0.39, 0.29) is 17.5 Å². The molecule has 1 saturated carbocycles. The number of nitro groups is 1. The molecule has 0 N–H and O–H groups in total. The molecule has 0 aromatic heterocycles. The monoisotopic (exact) mass is 235 g/mol. The van der Waals surface area contributed by atoms with E-state index in [2.05, 4.69) is 0 Å². The maximum absolute atomic E-state index is 10.7. The number of carbonyl (C=O) groups is 1. The molecule has 0 bridgehead atoms. The minimum absolute atomic E-state index is 0.0482. The van der Waals surface area contributed by atoms with Crippen molar-refractivity contribution in [2.75, 3.05) is 0 Å². The molecule has 1 aliphatic rings. The van der Waals surface area contributed by atoms with E-state index in [0.29, 0.717) is 0 Å². The van der Waals surface area contributed by atoms with Crippen molar-refractivity contribution in [3.63, 3.8) is 0 Å². The van der Waals surface area contributed by atoms with E-state index >= 15 is 0 Å². The van der Waals surface area contributed by atoms with Crippen molar-refractivity contribution in [1.82, 2.24) is 0 Å². The number of nitro benzene ring substituents is 1. The average molecular weight is 235 g/mol. The van der Waals surface area contributed by atoms with Gasteiger partial charge in [0.15, 0.2) is 0 Å². The van der Waals surface area contributed by atoms with E-state index in [0.717, 1.165) is 24.7 Å². The van der Waals surface area contributed by atoms with Gasteiger partial charge in [-0.2, -0.15) is 0 Å². The van der Waals surface area contributed by atoms with Crippen LogP contribution in [-0.2, 0) is 4.79 Å². The Morgan fingerprint density at radius 2 is 2.06 bits per heavy atom. The van der Waals surface area contributed by atoms with Crippen molar-refractivity contribution in [2.24, 2.45) is 5.92 Å². The summed E-state index contributed by atoms with van der Waals surface area (Å²) in [5.74, 6) is 0.231. The summed E-state index contributed by atoms with van der Waals surface area (Å²) in [6.07, 6.45) is 2.80. The highest BCUT2D eigenvalue weighted by Crippen LogP contribution is 2.41. The van der Waals surface area contributed by atoms with Crippen molar-refractivity contribution in [3.8, 4) is 0 Å². The fourth-order valence-electron chi connectivity index (χ4n) is 1.97. The third-order valence-corrected chi connectivity index (χ3v) is 3.01. The summed E-state index contributed by atoms with van der Waals surface area (Å²) >= 11 is 0. The van der Waals surface area contributed by atoms with Gasteiger partial charge in [-0.15, -0.1) is 0 Å². The zero-order valence-electron chi connectivity index (χ0n) is 10.1. The second kappa shape index (κ2) is 6.13. The standard InChI is InChI=1S/C11H11NO3.C2H6/c13-7-9-4-5-11(9)8-2-1-3-10(6-8)12(14)15;1-2/h1-3,6-7,9,11H,4-5H2;1-2H3. The van der Waals surface area contributed by atoms with Crippen LogP contribution in [0.15, 0.2) is 24.3 Å². The molecule has 92 valence electrons. The Balaban J connectivity index is 0.000000686. The highest BCUT2D eigenvalue weighted by atomic mass is 16.6. The number of nitrogens with zero attached hydrogens (tertiary/aromatic N) is 1. The highest BCUT2D eigenvalue weighted by Gasteiger charge is 2.32. The Morgan fingerprint density at radius 3 is 2.53 bits per heavy atom. The van der Waals surface area contributed by atoms with Gasteiger partial charge in [0.05, 0.1) is 4.92 Å². The van der Waals surface area contributed by atoms with Gasteiger partial charge in [0.2, 0.25) is 0 Å². The molecule has 1 aromatic carbocycles. The molecule has 1 fully saturated rings. The number of hydrogen-bond acceptors (Lipinski definition) is 3. The van der Waals surface area contributed by atoms with Crippen LogP contribution < -0.4 is 0 Å². The van der Waals surface area contributed by atoms with Gasteiger partial charge in [-0.25, -0.2) is 0 Å². The summed E-state index contributed by atoms with van der Waals surface area (Å²) in [6, 6.07) is 6.57. The fourth-order valence-corrected chi connectivity index (χ4v) is 1.97. The molecule has 0 spiro atoms. The predicted molar refractivity (Wildman–Crippen MR) is 66.0 cm³/mol. The minimum Gasteiger partial charge on any atom is -0.303 e. The van der Waals surface area contributed by atoms with Gasteiger partial charge >= 0.3 is 0 Å². The van der Waals surface area contributed by atoms with Gasteiger partial charge in [-0.05, 0) is 24.3 Å². The molecule has 1 aliphatic carbocycles. The molecule has 4 nitrogen and oxygen atoms in total. The summed E-state index contributed by atoms with van der Waals surface area (Å²) in [4.78, 5) is 20.8. The number of aldehydes is 1. The first-order chi connectivity index (χ1) is 8.22. The molecular weight excluding hydrogens is 218 g/mol. The number of carbonyl (C=O) groups excluding carboxylic acids is 1. The second-order valence-corrected chi connectivity index (χ2v) is 3.84. The van der Waals surface area contributed by atoms with Crippen LogP contribution in [-0.4, -0.2) is 11.2 Å². The number of hydrogen-bond donors (Lipinski definition) is 0. The van der Waals surface area contributed by atoms with E-state index in [4.69, 9.17) is 0 Å². The smallest absolute Gasteiger partial charge is 0.269 e. The average Bonchev–Trinajstić information content (AvgIpc) is 2.31. The molecule has 0 amide bonds. The quantitative estimate of drug-likeness (QED) is 0.458. The third kappa shape index (κ3) is 2.90. The lowest BCUT2D eigenvalue weighted by molar-refractivity contribution is -0.384. The number of rotatable bonds is 3. The van der Waals surface area contributed by atoms with Crippen LogP contribution in [0.4, 0.5) is 5.69 Å². The van der Waals surface area contributed by atoms with Crippen LogP contribution in [0.2, 0.25) is 0 Å². The highest BCUT2D eigenvalue weighted by molar-refractivity contribution is 5.58. The van der Waals surface area contributed by atoms with E-state index in [9.17, 15) is 14.9 Å². The van der Waals surface area contributed by atoms with Crippen LogP contribution in [0.3, 0.4) is 0 Å². The van der Waals surface area contributed by atoms with E-state index in [1.165, 1.54) is 6.07 Å². The van der Waals surface area contributed by atoms with Gasteiger partial charge in [0.1, 0.15) is 6.29 Å². The van der Waals surface area contributed by atoms with Gasteiger partial charge < -0.3 is 4.79 Å². The Kier molecular flexibility index (Phi) is 4.82. The van der Waals surface area contributed by atoms with Crippen LogP contribution in [0.5, 0.6) is 0 Å². The maximum Gasteiger partial charge on any atom is 0.269 e. The molecule has 4 heteroatoms. The number of benzene rings is 1. The van der Waals surface area contributed by atoms with E-state index in [1.54, 1.807) is 12.1 Å². The Morgan fingerprint density at radius 1 is 1.35 bits per heavy atom. The van der Waals surface area contributed by atoms with Crippen molar-refractivity contribution in [2.45, 2.75) is 32.6 Å². The zero-order chi connectivity index (χ0) is 12.8. The second-order valence-electron chi connectivity index (χ2n) is 3.84.